The number of hydrogen-bond donors (Lipinski definition) is 0. The molecule has 7 nitrogen and oxygen atoms in total. The summed E-state index contributed by atoms with van der Waals surface area (Å²) in [6, 6.07) is 12.6. The van der Waals surface area contributed by atoms with Gasteiger partial charge in [0.15, 0.2) is 5.78 Å². The van der Waals surface area contributed by atoms with Crippen LogP contribution in [0.3, 0.4) is 0 Å². The lowest BCUT2D eigenvalue weighted by Crippen LogP contribution is -2.46. The lowest BCUT2D eigenvalue weighted by atomic mass is 9.97. The summed E-state index contributed by atoms with van der Waals surface area (Å²) in [6.45, 7) is 10.9. The van der Waals surface area contributed by atoms with E-state index >= 15 is 0 Å². The number of halogens is 1. The topological polar surface area (TPSA) is 75.5 Å². The SMILES string of the molecule is CC(=O)c1ccc(-n2c(C3CCCN3C(C)C)nc3c(c2=O)CC(C)N(C(=O)c2ccc(Cl)c(C)c2)C3)cc1. The van der Waals surface area contributed by atoms with Crippen LogP contribution in [0.1, 0.15) is 89.9 Å². The molecule has 0 bridgehead atoms. The highest BCUT2D eigenvalue weighted by Gasteiger charge is 2.36. The number of fused-ring (bicyclic) bond motifs is 1. The number of aromatic nitrogens is 2. The van der Waals surface area contributed by atoms with Crippen molar-refractivity contribution in [1.29, 1.82) is 0 Å². The molecule has 5 rings (SSSR count). The van der Waals surface area contributed by atoms with E-state index < -0.39 is 0 Å². The van der Waals surface area contributed by atoms with Crippen LogP contribution in [0.5, 0.6) is 0 Å². The zero-order chi connectivity index (χ0) is 28.0. The Hall–Kier alpha value is -3.29. The molecule has 8 heteroatoms. The maximum atomic E-state index is 14.2. The van der Waals surface area contributed by atoms with E-state index in [-0.39, 0.29) is 35.9 Å². The minimum atomic E-state index is -0.173. The summed E-state index contributed by atoms with van der Waals surface area (Å²) >= 11 is 6.19. The Labute approximate surface area is 234 Å². The molecule has 2 aliphatic heterocycles. The number of hydrogen-bond acceptors (Lipinski definition) is 5. The number of likely N-dealkylation sites (tertiary alicyclic amines) is 1. The first kappa shape index (κ1) is 27.3. The normalized spacial score (nSPS) is 19.4. The Balaban J connectivity index is 1.61. The van der Waals surface area contributed by atoms with Crippen LogP contribution < -0.4 is 5.56 Å². The Morgan fingerprint density at radius 2 is 1.77 bits per heavy atom. The monoisotopic (exact) mass is 546 g/mol. The first-order valence-corrected chi connectivity index (χ1v) is 14.0. The van der Waals surface area contributed by atoms with Gasteiger partial charge in [-0.3, -0.25) is 23.9 Å². The van der Waals surface area contributed by atoms with Crippen molar-refractivity contribution in [1.82, 2.24) is 19.4 Å². The zero-order valence-electron chi connectivity index (χ0n) is 23.2. The van der Waals surface area contributed by atoms with E-state index in [4.69, 9.17) is 16.6 Å². The summed E-state index contributed by atoms with van der Waals surface area (Å²) in [5, 5.41) is 0.623. The third-order valence-electron chi connectivity index (χ3n) is 8.09. The van der Waals surface area contributed by atoms with Crippen molar-refractivity contribution in [2.24, 2.45) is 0 Å². The van der Waals surface area contributed by atoms with E-state index in [0.717, 1.165) is 24.9 Å². The molecule has 0 saturated carbocycles. The van der Waals surface area contributed by atoms with E-state index in [1.54, 1.807) is 28.8 Å². The molecule has 2 atom stereocenters. The highest BCUT2D eigenvalue weighted by atomic mass is 35.5. The van der Waals surface area contributed by atoms with Crippen molar-refractivity contribution < 1.29 is 9.59 Å². The number of amides is 1. The van der Waals surface area contributed by atoms with Gasteiger partial charge < -0.3 is 4.90 Å². The van der Waals surface area contributed by atoms with Crippen molar-refractivity contribution in [3.05, 3.63) is 91.6 Å². The lowest BCUT2D eigenvalue weighted by Gasteiger charge is -2.36. The molecular weight excluding hydrogens is 512 g/mol. The highest BCUT2D eigenvalue weighted by Crippen LogP contribution is 2.34. The average Bonchev–Trinajstić information content (AvgIpc) is 3.40. The number of aryl methyl sites for hydroxylation is 1. The van der Waals surface area contributed by atoms with E-state index in [1.807, 2.05) is 36.9 Å². The summed E-state index contributed by atoms with van der Waals surface area (Å²) < 4.78 is 1.74. The number of rotatable bonds is 5. The number of nitrogens with zero attached hydrogens (tertiary/aromatic N) is 4. The Morgan fingerprint density at radius 3 is 2.41 bits per heavy atom. The second kappa shape index (κ2) is 10.7. The molecule has 2 aromatic carbocycles. The van der Waals surface area contributed by atoms with E-state index in [0.29, 0.717) is 51.4 Å². The zero-order valence-corrected chi connectivity index (χ0v) is 24.0. The van der Waals surface area contributed by atoms with Gasteiger partial charge in [-0.15, -0.1) is 0 Å². The maximum Gasteiger partial charge on any atom is 0.261 e. The Bertz CT molecular complexity index is 1490. The van der Waals surface area contributed by atoms with Gasteiger partial charge >= 0.3 is 0 Å². The lowest BCUT2D eigenvalue weighted by molar-refractivity contribution is 0.0651. The molecule has 1 amide bonds. The largest absolute Gasteiger partial charge is 0.330 e. The van der Waals surface area contributed by atoms with Crippen molar-refractivity contribution in [3.63, 3.8) is 0 Å². The maximum absolute atomic E-state index is 14.2. The van der Waals surface area contributed by atoms with Crippen molar-refractivity contribution >= 4 is 23.3 Å². The van der Waals surface area contributed by atoms with Crippen LogP contribution in [0.4, 0.5) is 0 Å². The minimum Gasteiger partial charge on any atom is -0.330 e. The molecule has 39 heavy (non-hydrogen) atoms. The van der Waals surface area contributed by atoms with Crippen molar-refractivity contribution in [3.8, 4) is 5.69 Å². The average molecular weight is 547 g/mol. The van der Waals surface area contributed by atoms with Gasteiger partial charge in [0.25, 0.3) is 11.5 Å². The summed E-state index contributed by atoms with van der Waals surface area (Å²) in [7, 11) is 0. The third kappa shape index (κ3) is 5.06. The van der Waals surface area contributed by atoms with Crippen molar-refractivity contribution in [2.45, 2.75) is 78.6 Å². The summed E-state index contributed by atoms with van der Waals surface area (Å²) in [4.78, 5) is 49.0. The minimum absolute atomic E-state index is 0.0158. The molecule has 1 saturated heterocycles. The van der Waals surface area contributed by atoms with E-state index in [9.17, 15) is 14.4 Å². The van der Waals surface area contributed by atoms with E-state index in [2.05, 4.69) is 18.7 Å². The Kier molecular flexibility index (Phi) is 7.49. The fourth-order valence-corrected chi connectivity index (χ4v) is 6.01. The molecule has 0 N–H and O–H groups in total. The number of ketones is 1. The highest BCUT2D eigenvalue weighted by molar-refractivity contribution is 6.31. The standard InChI is InChI=1S/C31H35ClN4O3/c1-18(2)34-14-6-7-28(34)29-33-27-17-35(30(38)23-10-13-26(32)19(3)15-23)20(4)16-25(27)31(39)36(29)24-11-8-22(9-12-24)21(5)37/h8-13,15,18,20,28H,6-7,14,16-17H2,1-5H3. The van der Waals surface area contributed by atoms with Gasteiger partial charge in [-0.05, 0) is 108 Å². The molecule has 0 radical (unpaired) electrons. The van der Waals surface area contributed by atoms with Gasteiger partial charge in [0, 0.05) is 33.8 Å². The molecule has 204 valence electrons. The third-order valence-corrected chi connectivity index (χ3v) is 8.52. The molecule has 3 heterocycles. The molecule has 3 aromatic rings. The number of carbonyl (C=O) groups is 2. The predicted octanol–water partition coefficient (Wildman–Crippen LogP) is 5.53. The van der Waals surface area contributed by atoms with Crippen LogP contribution in [0, 0.1) is 6.92 Å². The second-order valence-corrected chi connectivity index (χ2v) is 11.5. The second-order valence-electron chi connectivity index (χ2n) is 11.1. The summed E-state index contributed by atoms with van der Waals surface area (Å²) in [5.41, 5.74) is 3.95. The molecule has 1 fully saturated rings. The smallest absolute Gasteiger partial charge is 0.261 e. The summed E-state index contributed by atoms with van der Waals surface area (Å²) in [6.07, 6.45) is 2.35. The van der Waals surface area contributed by atoms with Gasteiger partial charge in [0.2, 0.25) is 0 Å². The van der Waals surface area contributed by atoms with Crippen LogP contribution >= 0.6 is 11.6 Å². The van der Waals surface area contributed by atoms with Gasteiger partial charge in [-0.25, -0.2) is 4.98 Å². The van der Waals surface area contributed by atoms with Crippen LogP contribution in [0.15, 0.2) is 47.3 Å². The van der Waals surface area contributed by atoms with Gasteiger partial charge in [-0.1, -0.05) is 11.6 Å². The number of carbonyl (C=O) groups excluding carboxylic acids is 2. The van der Waals surface area contributed by atoms with Gasteiger partial charge in [-0.2, -0.15) is 0 Å². The van der Waals surface area contributed by atoms with Crippen LogP contribution in [-0.4, -0.2) is 49.7 Å². The van der Waals surface area contributed by atoms with Gasteiger partial charge in [0.05, 0.1) is 24.0 Å². The van der Waals surface area contributed by atoms with Crippen LogP contribution in [0.25, 0.3) is 5.69 Å². The van der Waals surface area contributed by atoms with Gasteiger partial charge in [0.1, 0.15) is 5.82 Å². The first-order valence-electron chi connectivity index (χ1n) is 13.7. The van der Waals surface area contributed by atoms with Crippen LogP contribution in [-0.2, 0) is 13.0 Å². The predicted molar refractivity (Wildman–Crippen MR) is 153 cm³/mol. The Morgan fingerprint density at radius 1 is 1.08 bits per heavy atom. The first-order chi connectivity index (χ1) is 18.6. The molecule has 0 aliphatic carbocycles. The number of benzene rings is 2. The quantitative estimate of drug-likeness (QED) is 0.393. The number of Topliss-reactive ketones (excluding diaryl/α,β-unsaturated/α-hetero) is 1. The molecule has 2 aliphatic rings. The fraction of sp³-hybridized carbons (Fsp3) is 0.419. The molecule has 0 spiro atoms. The van der Waals surface area contributed by atoms with Crippen LogP contribution in [0.2, 0.25) is 5.02 Å². The van der Waals surface area contributed by atoms with E-state index in [1.165, 1.54) is 6.92 Å². The summed E-state index contributed by atoms with van der Waals surface area (Å²) in [5.74, 6) is 0.587. The van der Waals surface area contributed by atoms with Crippen molar-refractivity contribution in [2.75, 3.05) is 6.54 Å². The fourth-order valence-electron chi connectivity index (χ4n) is 5.90. The molecule has 1 aromatic heterocycles. The molecule has 2 unspecified atom stereocenters. The molecular formula is C31H35ClN4O3.